The molecule has 20 heavy (non-hydrogen) atoms. The Kier molecular flexibility index (Phi) is 5.52. The Hall–Kier alpha value is -0.970. The smallest absolute Gasteiger partial charge is 0.167 e. The first-order valence-electron chi connectivity index (χ1n) is 6.90. The van der Waals surface area contributed by atoms with Gasteiger partial charge in [0, 0.05) is 24.5 Å². The van der Waals surface area contributed by atoms with Gasteiger partial charge in [0.05, 0.1) is 6.61 Å². The molecule has 3 nitrogen and oxygen atoms in total. The average molecular weight is 300 g/mol. The van der Waals surface area contributed by atoms with E-state index >= 15 is 0 Å². The molecule has 1 aromatic rings. The number of benzene rings is 1. The lowest BCUT2D eigenvalue weighted by molar-refractivity contribution is -0.135. The predicted octanol–water partition coefficient (Wildman–Crippen LogP) is 2.70. The Morgan fingerprint density at radius 2 is 2.35 bits per heavy atom. The second-order valence-corrected chi connectivity index (χ2v) is 5.45. The van der Waals surface area contributed by atoms with Crippen molar-refractivity contribution >= 4 is 17.4 Å². The second kappa shape index (κ2) is 7.16. The van der Waals surface area contributed by atoms with Crippen LogP contribution in [0.3, 0.4) is 0 Å². The molecule has 110 valence electrons. The zero-order valence-corrected chi connectivity index (χ0v) is 12.3. The van der Waals surface area contributed by atoms with Gasteiger partial charge in [0.2, 0.25) is 0 Å². The lowest BCUT2D eigenvalue weighted by atomic mass is 10.0. The molecule has 1 aliphatic rings. The number of nitrogens with zero attached hydrogens (tertiary/aromatic N) is 1. The Labute approximate surface area is 123 Å². The van der Waals surface area contributed by atoms with Crippen LogP contribution in [-0.4, -0.2) is 43.0 Å². The number of carbonyl (C=O) groups is 1. The first-order chi connectivity index (χ1) is 9.60. The van der Waals surface area contributed by atoms with E-state index in [-0.39, 0.29) is 18.0 Å². The van der Waals surface area contributed by atoms with Crippen LogP contribution in [0.15, 0.2) is 18.2 Å². The number of ketones is 1. The SMILES string of the molecule is CCCN1CCOC(C(=O)Cc2cc(F)ccc2Cl)C1. The largest absolute Gasteiger partial charge is 0.368 e. The summed E-state index contributed by atoms with van der Waals surface area (Å²) in [6.07, 6.45) is 0.729. The molecule has 0 aliphatic carbocycles. The molecule has 5 heteroatoms. The van der Waals surface area contributed by atoms with Crippen LogP contribution in [-0.2, 0) is 16.0 Å². The zero-order chi connectivity index (χ0) is 14.5. The van der Waals surface area contributed by atoms with Crippen molar-refractivity contribution in [1.82, 2.24) is 4.90 Å². The van der Waals surface area contributed by atoms with Crippen molar-refractivity contribution in [3.63, 3.8) is 0 Å². The third-order valence-electron chi connectivity index (χ3n) is 3.42. The van der Waals surface area contributed by atoms with Gasteiger partial charge in [-0.15, -0.1) is 0 Å². The van der Waals surface area contributed by atoms with Crippen LogP contribution in [0, 0.1) is 5.82 Å². The summed E-state index contributed by atoms with van der Waals surface area (Å²) in [7, 11) is 0. The third kappa shape index (κ3) is 4.01. The minimum atomic E-state index is -0.436. The van der Waals surface area contributed by atoms with Gasteiger partial charge in [-0.25, -0.2) is 4.39 Å². The van der Waals surface area contributed by atoms with Crippen LogP contribution in [0.2, 0.25) is 5.02 Å². The van der Waals surface area contributed by atoms with Crippen LogP contribution in [0.25, 0.3) is 0 Å². The molecular formula is C15H19ClFNO2. The predicted molar refractivity (Wildman–Crippen MR) is 76.6 cm³/mol. The van der Waals surface area contributed by atoms with Crippen molar-refractivity contribution in [2.45, 2.75) is 25.9 Å². The fraction of sp³-hybridized carbons (Fsp3) is 0.533. The number of carbonyl (C=O) groups excluding carboxylic acids is 1. The summed E-state index contributed by atoms with van der Waals surface area (Å²) in [6.45, 7) is 5.11. The molecule has 1 atom stereocenters. The van der Waals surface area contributed by atoms with Gasteiger partial charge >= 0.3 is 0 Å². The van der Waals surface area contributed by atoms with Gasteiger partial charge in [-0.05, 0) is 36.7 Å². The van der Waals surface area contributed by atoms with E-state index in [9.17, 15) is 9.18 Å². The lowest BCUT2D eigenvalue weighted by Gasteiger charge is -2.31. The van der Waals surface area contributed by atoms with Crippen molar-refractivity contribution in [2.24, 2.45) is 0 Å². The van der Waals surface area contributed by atoms with Gasteiger partial charge in [-0.3, -0.25) is 9.69 Å². The Bertz CT molecular complexity index is 479. The second-order valence-electron chi connectivity index (χ2n) is 5.04. The Balaban J connectivity index is 1.99. The maximum atomic E-state index is 13.2. The summed E-state index contributed by atoms with van der Waals surface area (Å²) < 4.78 is 18.7. The van der Waals surface area contributed by atoms with Crippen molar-refractivity contribution < 1.29 is 13.9 Å². The van der Waals surface area contributed by atoms with Crippen molar-refractivity contribution in [1.29, 1.82) is 0 Å². The van der Waals surface area contributed by atoms with Crippen LogP contribution < -0.4 is 0 Å². The highest BCUT2D eigenvalue weighted by molar-refractivity contribution is 6.31. The van der Waals surface area contributed by atoms with E-state index in [0.717, 1.165) is 19.5 Å². The highest BCUT2D eigenvalue weighted by Gasteiger charge is 2.26. The lowest BCUT2D eigenvalue weighted by Crippen LogP contribution is -2.46. The molecule has 1 unspecified atom stereocenters. The van der Waals surface area contributed by atoms with Crippen molar-refractivity contribution in [2.75, 3.05) is 26.2 Å². The molecule has 1 aliphatic heterocycles. The van der Waals surface area contributed by atoms with E-state index in [1.54, 1.807) is 0 Å². The molecule has 0 saturated carbocycles. The first-order valence-corrected chi connectivity index (χ1v) is 7.28. The molecular weight excluding hydrogens is 281 g/mol. The maximum absolute atomic E-state index is 13.2. The van der Waals surface area contributed by atoms with E-state index in [2.05, 4.69) is 11.8 Å². The standard InChI is InChI=1S/C15H19ClFNO2/c1-2-5-18-6-7-20-15(10-18)14(19)9-11-8-12(17)3-4-13(11)16/h3-4,8,15H,2,5-7,9-10H2,1H3. The number of halogens is 2. The Morgan fingerprint density at radius 1 is 1.55 bits per heavy atom. The molecule has 2 rings (SSSR count). The van der Waals surface area contributed by atoms with Crippen molar-refractivity contribution in [3.8, 4) is 0 Å². The van der Waals surface area contributed by atoms with Gasteiger partial charge in [0.1, 0.15) is 11.9 Å². The van der Waals surface area contributed by atoms with Gasteiger partial charge < -0.3 is 4.74 Å². The number of Topliss-reactive ketones (excluding diaryl/α,β-unsaturated/α-hetero) is 1. The van der Waals surface area contributed by atoms with Gasteiger partial charge in [-0.1, -0.05) is 18.5 Å². The van der Waals surface area contributed by atoms with Crippen LogP contribution >= 0.6 is 11.6 Å². The molecule has 0 radical (unpaired) electrons. The molecule has 1 fully saturated rings. The monoisotopic (exact) mass is 299 g/mol. The minimum absolute atomic E-state index is 0.0432. The first kappa shape index (κ1) is 15.4. The van der Waals surface area contributed by atoms with E-state index in [1.165, 1.54) is 18.2 Å². The number of ether oxygens (including phenoxy) is 1. The number of hydrogen-bond donors (Lipinski definition) is 0. The van der Waals surface area contributed by atoms with Gasteiger partial charge in [0.25, 0.3) is 0 Å². The molecule has 0 aromatic heterocycles. The van der Waals surface area contributed by atoms with Crippen LogP contribution in [0.5, 0.6) is 0 Å². The highest BCUT2D eigenvalue weighted by Crippen LogP contribution is 2.19. The molecule has 1 saturated heterocycles. The third-order valence-corrected chi connectivity index (χ3v) is 3.79. The summed E-state index contributed by atoms with van der Waals surface area (Å²) in [5.41, 5.74) is 0.521. The molecule has 1 aromatic carbocycles. The summed E-state index contributed by atoms with van der Waals surface area (Å²) in [6, 6.07) is 4.08. The summed E-state index contributed by atoms with van der Waals surface area (Å²) in [4.78, 5) is 14.5. The molecule has 0 N–H and O–H groups in total. The maximum Gasteiger partial charge on any atom is 0.167 e. The van der Waals surface area contributed by atoms with Gasteiger partial charge in [-0.2, -0.15) is 0 Å². The van der Waals surface area contributed by atoms with Crippen LogP contribution in [0.4, 0.5) is 4.39 Å². The van der Waals surface area contributed by atoms with Crippen LogP contribution in [0.1, 0.15) is 18.9 Å². The van der Waals surface area contributed by atoms with E-state index < -0.39 is 6.10 Å². The van der Waals surface area contributed by atoms with E-state index in [0.29, 0.717) is 23.7 Å². The number of morpholine rings is 1. The van der Waals surface area contributed by atoms with E-state index in [4.69, 9.17) is 16.3 Å². The molecule has 0 spiro atoms. The Morgan fingerprint density at radius 3 is 3.10 bits per heavy atom. The minimum Gasteiger partial charge on any atom is -0.368 e. The fourth-order valence-corrected chi connectivity index (χ4v) is 2.58. The summed E-state index contributed by atoms with van der Waals surface area (Å²) in [5, 5.41) is 0.418. The summed E-state index contributed by atoms with van der Waals surface area (Å²) in [5.74, 6) is -0.423. The zero-order valence-electron chi connectivity index (χ0n) is 11.6. The molecule has 1 heterocycles. The van der Waals surface area contributed by atoms with Crippen molar-refractivity contribution in [3.05, 3.63) is 34.6 Å². The molecule has 0 amide bonds. The molecule has 0 bridgehead atoms. The highest BCUT2D eigenvalue weighted by atomic mass is 35.5. The average Bonchev–Trinajstić information content (AvgIpc) is 2.43. The number of hydrogen-bond acceptors (Lipinski definition) is 3. The van der Waals surface area contributed by atoms with Gasteiger partial charge in [0.15, 0.2) is 5.78 Å². The quantitative estimate of drug-likeness (QED) is 0.837. The fourth-order valence-electron chi connectivity index (χ4n) is 2.40. The topological polar surface area (TPSA) is 29.5 Å². The van der Waals surface area contributed by atoms with E-state index in [1.807, 2.05) is 0 Å². The normalized spacial score (nSPS) is 20.1. The number of rotatable bonds is 5. The summed E-state index contributed by atoms with van der Waals surface area (Å²) >= 11 is 5.99.